The first-order chi connectivity index (χ1) is 8.02. The van der Waals surface area contributed by atoms with Crippen molar-refractivity contribution in [2.24, 2.45) is 0 Å². The Balaban J connectivity index is 2.70. The maximum atomic E-state index is 11.0. The molecule has 17 heavy (non-hydrogen) atoms. The second-order valence-corrected chi connectivity index (χ2v) is 3.37. The van der Waals surface area contributed by atoms with E-state index in [0.29, 0.717) is 17.7 Å². The molecule has 4 heteroatoms. The summed E-state index contributed by atoms with van der Waals surface area (Å²) < 4.78 is 9.84. The summed E-state index contributed by atoms with van der Waals surface area (Å²) in [6, 6.07) is 6.59. The van der Waals surface area contributed by atoms with Gasteiger partial charge in [0.2, 0.25) is 0 Å². The van der Waals surface area contributed by atoms with Crippen LogP contribution >= 0.6 is 0 Å². The Morgan fingerprint density at radius 1 is 1.24 bits per heavy atom. The molecule has 0 radical (unpaired) electrons. The van der Waals surface area contributed by atoms with Crippen LogP contribution in [0.3, 0.4) is 0 Å². The smallest absolute Gasteiger partial charge is 0.310 e. The molecule has 0 fully saturated rings. The van der Waals surface area contributed by atoms with Gasteiger partial charge in [-0.25, -0.2) is 0 Å². The molecule has 0 amide bonds. The Hall–Kier alpha value is -2.10. The van der Waals surface area contributed by atoms with E-state index in [9.17, 15) is 9.59 Å². The highest BCUT2D eigenvalue weighted by atomic mass is 16.5. The number of hydrogen-bond acceptors (Lipinski definition) is 4. The first kappa shape index (κ1) is 13.0. The lowest BCUT2D eigenvalue weighted by molar-refractivity contribution is -0.134. The van der Waals surface area contributed by atoms with E-state index in [1.807, 2.05) is 0 Å². The maximum absolute atomic E-state index is 11.0. The molecule has 0 unspecified atom stereocenters. The van der Waals surface area contributed by atoms with Crippen molar-refractivity contribution in [2.45, 2.75) is 20.3 Å². The first-order valence-corrected chi connectivity index (χ1v) is 5.21. The molecule has 0 saturated heterocycles. The SMILES string of the molecule is C=C(OC(C)=O)c1ccc(OC(=O)CC)cc1. The molecule has 0 aliphatic rings. The van der Waals surface area contributed by atoms with Gasteiger partial charge in [0.1, 0.15) is 11.5 Å². The summed E-state index contributed by atoms with van der Waals surface area (Å²) in [6.45, 7) is 6.65. The minimum Gasteiger partial charge on any atom is -0.427 e. The zero-order valence-corrected chi connectivity index (χ0v) is 9.86. The van der Waals surface area contributed by atoms with Crippen molar-refractivity contribution in [3.05, 3.63) is 36.4 Å². The van der Waals surface area contributed by atoms with Gasteiger partial charge in [-0.05, 0) is 24.3 Å². The van der Waals surface area contributed by atoms with E-state index in [1.165, 1.54) is 6.92 Å². The molecule has 0 aliphatic heterocycles. The Kier molecular flexibility index (Phi) is 4.46. The molecular weight excluding hydrogens is 220 g/mol. The largest absolute Gasteiger partial charge is 0.427 e. The van der Waals surface area contributed by atoms with Gasteiger partial charge in [-0.15, -0.1) is 0 Å². The molecule has 0 saturated carbocycles. The quantitative estimate of drug-likeness (QED) is 0.456. The van der Waals surface area contributed by atoms with E-state index in [2.05, 4.69) is 6.58 Å². The van der Waals surface area contributed by atoms with Crippen LogP contribution in [0.2, 0.25) is 0 Å². The lowest BCUT2D eigenvalue weighted by Crippen LogP contribution is -2.05. The zero-order chi connectivity index (χ0) is 12.8. The molecule has 0 bridgehead atoms. The van der Waals surface area contributed by atoms with Crippen LogP contribution in [0.15, 0.2) is 30.8 Å². The monoisotopic (exact) mass is 234 g/mol. The van der Waals surface area contributed by atoms with Crippen molar-refractivity contribution in [3.8, 4) is 5.75 Å². The van der Waals surface area contributed by atoms with Gasteiger partial charge in [0.25, 0.3) is 0 Å². The lowest BCUT2D eigenvalue weighted by Gasteiger charge is -2.06. The first-order valence-electron chi connectivity index (χ1n) is 5.21. The molecule has 90 valence electrons. The molecule has 1 aromatic carbocycles. The Morgan fingerprint density at radius 2 is 1.82 bits per heavy atom. The Bertz CT molecular complexity index is 431. The molecule has 0 aromatic heterocycles. The molecular formula is C13H14O4. The van der Waals surface area contributed by atoms with Crippen LogP contribution in [0.4, 0.5) is 0 Å². The van der Waals surface area contributed by atoms with Crippen LogP contribution < -0.4 is 4.74 Å². The number of rotatable bonds is 4. The fraction of sp³-hybridized carbons (Fsp3) is 0.231. The third-order valence-corrected chi connectivity index (χ3v) is 1.96. The van der Waals surface area contributed by atoms with Crippen LogP contribution in [0.1, 0.15) is 25.8 Å². The molecule has 0 spiro atoms. The topological polar surface area (TPSA) is 52.6 Å². The summed E-state index contributed by atoms with van der Waals surface area (Å²) in [6.07, 6.45) is 0.321. The average molecular weight is 234 g/mol. The van der Waals surface area contributed by atoms with Crippen LogP contribution in [0.25, 0.3) is 5.76 Å². The van der Waals surface area contributed by atoms with Crippen LogP contribution in [-0.2, 0) is 14.3 Å². The number of ether oxygens (including phenoxy) is 2. The number of carbonyl (C=O) groups is 2. The van der Waals surface area contributed by atoms with Crippen molar-refractivity contribution in [2.75, 3.05) is 0 Å². The summed E-state index contributed by atoms with van der Waals surface area (Å²) in [5.74, 6) is 0.00939. The van der Waals surface area contributed by atoms with Crippen LogP contribution in [0.5, 0.6) is 5.75 Å². The highest BCUT2D eigenvalue weighted by molar-refractivity contribution is 5.76. The second kappa shape index (κ2) is 5.84. The van der Waals surface area contributed by atoms with Crippen molar-refractivity contribution in [1.29, 1.82) is 0 Å². The van der Waals surface area contributed by atoms with Gasteiger partial charge in [0.15, 0.2) is 0 Å². The van der Waals surface area contributed by atoms with Crippen LogP contribution in [0, 0.1) is 0 Å². The number of carbonyl (C=O) groups excluding carboxylic acids is 2. The third-order valence-electron chi connectivity index (χ3n) is 1.96. The van der Waals surface area contributed by atoms with Crippen molar-refractivity contribution >= 4 is 17.7 Å². The molecule has 4 nitrogen and oxygen atoms in total. The van der Waals surface area contributed by atoms with Gasteiger partial charge in [-0.1, -0.05) is 13.5 Å². The molecule has 0 aliphatic carbocycles. The van der Waals surface area contributed by atoms with Gasteiger partial charge >= 0.3 is 11.9 Å². The number of hydrogen-bond donors (Lipinski definition) is 0. The summed E-state index contributed by atoms with van der Waals surface area (Å²) in [7, 11) is 0. The van der Waals surface area contributed by atoms with Gasteiger partial charge in [-0.2, -0.15) is 0 Å². The zero-order valence-electron chi connectivity index (χ0n) is 9.86. The maximum Gasteiger partial charge on any atom is 0.310 e. The predicted molar refractivity (Wildman–Crippen MR) is 63.2 cm³/mol. The lowest BCUT2D eigenvalue weighted by atomic mass is 10.2. The molecule has 0 heterocycles. The minimum atomic E-state index is -0.420. The van der Waals surface area contributed by atoms with Gasteiger partial charge < -0.3 is 9.47 Å². The van der Waals surface area contributed by atoms with E-state index >= 15 is 0 Å². The fourth-order valence-electron chi connectivity index (χ4n) is 1.14. The molecule has 1 aromatic rings. The second-order valence-electron chi connectivity index (χ2n) is 3.37. The van der Waals surface area contributed by atoms with Crippen molar-refractivity contribution < 1.29 is 19.1 Å². The van der Waals surface area contributed by atoms with Crippen molar-refractivity contribution in [1.82, 2.24) is 0 Å². The Labute approximate surface area is 99.8 Å². The Morgan fingerprint density at radius 3 is 2.29 bits per heavy atom. The molecule has 1 rings (SSSR count). The van der Waals surface area contributed by atoms with Gasteiger partial charge in [0.05, 0.1) is 0 Å². The minimum absolute atomic E-state index is 0.269. The van der Waals surface area contributed by atoms with E-state index in [1.54, 1.807) is 31.2 Å². The van der Waals surface area contributed by atoms with E-state index < -0.39 is 5.97 Å². The fourth-order valence-corrected chi connectivity index (χ4v) is 1.14. The summed E-state index contributed by atoms with van der Waals surface area (Å²) >= 11 is 0. The number of esters is 2. The predicted octanol–water partition coefficient (Wildman–Crippen LogP) is 2.54. The van der Waals surface area contributed by atoms with E-state index in [0.717, 1.165) is 0 Å². The average Bonchev–Trinajstić information content (AvgIpc) is 2.28. The van der Waals surface area contributed by atoms with Crippen molar-refractivity contribution in [3.63, 3.8) is 0 Å². The summed E-state index contributed by atoms with van der Waals surface area (Å²) in [5.41, 5.74) is 0.663. The highest BCUT2D eigenvalue weighted by Gasteiger charge is 2.05. The standard InChI is InChI=1S/C13H14O4/c1-4-13(15)17-12-7-5-11(6-8-12)9(2)16-10(3)14/h5-8H,2,4H2,1,3H3. The summed E-state index contributed by atoms with van der Waals surface area (Å²) in [4.78, 5) is 21.8. The highest BCUT2D eigenvalue weighted by Crippen LogP contribution is 2.18. The molecule has 0 atom stereocenters. The normalized spacial score (nSPS) is 9.53. The number of benzene rings is 1. The summed E-state index contributed by atoms with van der Waals surface area (Å²) in [5, 5.41) is 0. The third kappa shape index (κ3) is 4.10. The van der Waals surface area contributed by atoms with E-state index in [-0.39, 0.29) is 11.7 Å². The van der Waals surface area contributed by atoms with E-state index in [4.69, 9.17) is 9.47 Å². The van der Waals surface area contributed by atoms with Gasteiger partial charge in [-0.3, -0.25) is 9.59 Å². The van der Waals surface area contributed by atoms with Gasteiger partial charge in [0, 0.05) is 18.9 Å². The molecule has 0 N–H and O–H groups in total. The van der Waals surface area contributed by atoms with Crippen LogP contribution in [-0.4, -0.2) is 11.9 Å².